The van der Waals surface area contributed by atoms with Gasteiger partial charge in [-0.3, -0.25) is 6.08 Å². The third-order valence-electron chi connectivity index (χ3n) is 8.34. The van der Waals surface area contributed by atoms with Crippen molar-refractivity contribution in [1.29, 1.82) is 0 Å². The van der Waals surface area contributed by atoms with Gasteiger partial charge in [-0.15, -0.1) is 11.6 Å². The molecule has 3 aromatic rings. The van der Waals surface area contributed by atoms with Gasteiger partial charge in [-0.2, -0.15) is 28.3 Å². The Labute approximate surface area is 262 Å². The van der Waals surface area contributed by atoms with Crippen molar-refractivity contribution in [3.63, 3.8) is 0 Å². The third kappa shape index (κ3) is 5.50. The van der Waals surface area contributed by atoms with Crippen molar-refractivity contribution in [3.8, 4) is 11.1 Å². The monoisotopic (exact) mass is 620 g/mol. The number of allylic oxidation sites excluding steroid dienone is 4. The van der Waals surface area contributed by atoms with Crippen LogP contribution in [0.4, 0.5) is 0 Å². The fourth-order valence-electron chi connectivity index (χ4n) is 6.72. The van der Waals surface area contributed by atoms with Crippen LogP contribution in [0.1, 0.15) is 111 Å². The first kappa shape index (κ1) is 32.9. The van der Waals surface area contributed by atoms with E-state index in [1.165, 1.54) is 72.3 Å². The second kappa shape index (κ2) is 11.3. The van der Waals surface area contributed by atoms with Gasteiger partial charge in [0.1, 0.15) is 0 Å². The molecule has 3 aromatic carbocycles. The second-order valence-corrected chi connectivity index (χ2v) is 12.5. The third-order valence-corrected chi connectivity index (χ3v) is 8.34. The van der Waals surface area contributed by atoms with Crippen LogP contribution in [-0.2, 0) is 43.5 Å². The summed E-state index contributed by atoms with van der Waals surface area (Å²) in [5.41, 5.74) is 18.9. The van der Waals surface area contributed by atoms with E-state index in [4.69, 9.17) is 0 Å². The summed E-state index contributed by atoms with van der Waals surface area (Å²) in [5, 5.41) is 0. The van der Waals surface area contributed by atoms with Crippen LogP contribution in [0.15, 0.2) is 42.5 Å². The Balaban J connectivity index is 0.000000336. The normalized spacial score (nSPS) is 16.4. The SMILES string of the molecule is CC1=[C-]C(C)(C)c2cc3c(cc21)-c1cc2c(cc1C3)C(C)(C)C=C2C.Cc1cc(C(C)C)c(C)[cH-]1.[Cl-].[Cl-].[Zr+4]. The van der Waals surface area contributed by atoms with E-state index in [0.29, 0.717) is 5.92 Å². The van der Waals surface area contributed by atoms with Crippen molar-refractivity contribution < 1.29 is 51.0 Å². The van der Waals surface area contributed by atoms with Gasteiger partial charge in [0.05, 0.1) is 0 Å². The topological polar surface area (TPSA) is 0 Å². The van der Waals surface area contributed by atoms with Gasteiger partial charge in [-0.1, -0.05) is 91.9 Å². The maximum atomic E-state index is 3.65. The summed E-state index contributed by atoms with van der Waals surface area (Å²) >= 11 is 0. The van der Waals surface area contributed by atoms with Crippen molar-refractivity contribution in [2.45, 2.75) is 92.4 Å². The van der Waals surface area contributed by atoms with Crippen LogP contribution in [0.3, 0.4) is 0 Å². The van der Waals surface area contributed by atoms with Gasteiger partial charge >= 0.3 is 26.2 Å². The van der Waals surface area contributed by atoms with E-state index in [1.54, 1.807) is 0 Å². The van der Waals surface area contributed by atoms with Crippen molar-refractivity contribution in [2.75, 3.05) is 0 Å². The molecule has 0 heterocycles. The Morgan fingerprint density at radius 2 is 1.32 bits per heavy atom. The first-order valence-electron chi connectivity index (χ1n) is 13.2. The molecule has 3 heteroatoms. The fourth-order valence-corrected chi connectivity index (χ4v) is 6.72. The summed E-state index contributed by atoms with van der Waals surface area (Å²) < 4.78 is 0. The number of rotatable bonds is 1. The molecule has 0 saturated carbocycles. The minimum absolute atomic E-state index is 0. The van der Waals surface area contributed by atoms with Crippen LogP contribution in [-0.4, -0.2) is 0 Å². The zero-order chi connectivity index (χ0) is 25.4. The van der Waals surface area contributed by atoms with Gasteiger partial charge < -0.3 is 24.8 Å². The molecule has 0 aromatic heterocycles. The molecule has 38 heavy (non-hydrogen) atoms. The summed E-state index contributed by atoms with van der Waals surface area (Å²) in [7, 11) is 0. The van der Waals surface area contributed by atoms with E-state index in [1.807, 2.05) is 0 Å². The van der Waals surface area contributed by atoms with Gasteiger partial charge in [0, 0.05) is 5.41 Å². The van der Waals surface area contributed by atoms with E-state index < -0.39 is 0 Å². The van der Waals surface area contributed by atoms with Gasteiger partial charge in [-0.25, -0.2) is 11.6 Å². The Kier molecular flexibility index (Phi) is 9.81. The van der Waals surface area contributed by atoms with E-state index in [-0.39, 0.29) is 61.8 Å². The van der Waals surface area contributed by atoms with Crippen LogP contribution in [0.25, 0.3) is 22.3 Å². The molecular formula is C35H40Cl2Zr. The largest absolute Gasteiger partial charge is 4.00 e. The van der Waals surface area contributed by atoms with E-state index >= 15 is 0 Å². The molecule has 0 aliphatic heterocycles. The molecule has 6 rings (SSSR count). The van der Waals surface area contributed by atoms with Crippen molar-refractivity contribution in [1.82, 2.24) is 0 Å². The molecule has 0 fully saturated rings. The van der Waals surface area contributed by atoms with Crippen LogP contribution in [0.5, 0.6) is 0 Å². The van der Waals surface area contributed by atoms with E-state index in [0.717, 1.165) is 6.42 Å². The van der Waals surface area contributed by atoms with Crippen LogP contribution in [0.2, 0.25) is 0 Å². The summed E-state index contributed by atoms with van der Waals surface area (Å²) in [6.45, 7) is 22.5. The standard InChI is InChI=1S/C25H25.C10H15.2ClH.Zr/c1-14-12-24(3,4)22-8-16-7-17-9-23-19(15(2)13-25(23,5)6)11-21(17)20(16)10-18(14)22;1-7(2)10-6-8(3)5-9(10)4;;;/h8-12H,7H2,1-6H3;5-7H,1-4H3;2*1H;/q2*-1;;;+4/p-2. The predicted molar refractivity (Wildman–Crippen MR) is 152 cm³/mol. The average Bonchev–Trinajstić information content (AvgIpc) is 3.41. The summed E-state index contributed by atoms with van der Waals surface area (Å²) in [5.74, 6) is 0.675. The first-order valence-corrected chi connectivity index (χ1v) is 13.2. The van der Waals surface area contributed by atoms with Crippen molar-refractivity contribution in [3.05, 3.63) is 98.6 Å². The fraction of sp³-hybridized carbons (Fsp3) is 0.400. The Morgan fingerprint density at radius 1 is 0.763 bits per heavy atom. The zero-order valence-corrected chi connectivity index (χ0v) is 28.6. The zero-order valence-electron chi connectivity index (χ0n) is 24.6. The van der Waals surface area contributed by atoms with Gasteiger partial charge in [-0.05, 0) is 58.4 Å². The smallest absolute Gasteiger partial charge is 1.00 e. The van der Waals surface area contributed by atoms with Crippen molar-refractivity contribution in [2.24, 2.45) is 0 Å². The van der Waals surface area contributed by atoms with Crippen molar-refractivity contribution >= 4 is 11.1 Å². The Morgan fingerprint density at radius 3 is 1.82 bits per heavy atom. The number of benzene rings is 2. The average molecular weight is 623 g/mol. The van der Waals surface area contributed by atoms with E-state index in [9.17, 15) is 0 Å². The number of halogens is 2. The maximum Gasteiger partial charge on any atom is 4.00 e. The van der Waals surface area contributed by atoms with Crippen LogP contribution >= 0.6 is 0 Å². The quantitative estimate of drug-likeness (QED) is 0.285. The molecule has 0 atom stereocenters. The summed E-state index contributed by atoms with van der Waals surface area (Å²) in [6, 6.07) is 14.3. The Bertz CT molecular complexity index is 1340. The summed E-state index contributed by atoms with van der Waals surface area (Å²) in [4.78, 5) is 0. The Hall–Kier alpha value is -1.27. The van der Waals surface area contributed by atoms with Crippen LogP contribution in [0, 0.1) is 19.9 Å². The number of hydrogen-bond acceptors (Lipinski definition) is 0. The minimum atomic E-state index is 0. The molecule has 0 nitrogen and oxygen atoms in total. The number of hydrogen-bond donors (Lipinski definition) is 0. The van der Waals surface area contributed by atoms with Gasteiger partial charge in [0.2, 0.25) is 0 Å². The molecule has 3 aliphatic carbocycles. The summed E-state index contributed by atoms with van der Waals surface area (Å²) in [6.07, 6.45) is 7.13. The molecule has 0 radical (unpaired) electrons. The predicted octanol–water partition coefficient (Wildman–Crippen LogP) is 3.60. The van der Waals surface area contributed by atoms with Crippen LogP contribution < -0.4 is 24.8 Å². The molecule has 3 aliphatic rings. The molecule has 0 N–H and O–H groups in total. The molecule has 198 valence electrons. The first-order chi connectivity index (χ1) is 16.3. The number of fused-ring (bicyclic) bond motifs is 5. The molecular weight excluding hydrogens is 583 g/mol. The van der Waals surface area contributed by atoms with Gasteiger partial charge in [0.15, 0.2) is 0 Å². The molecule has 0 saturated heterocycles. The number of aryl methyl sites for hydroxylation is 2. The molecule has 0 spiro atoms. The van der Waals surface area contributed by atoms with E-state index in [2.05, 4.69) is 118 Å². The maximum absolute atomic E-state index is 3.65. The minimum Gasteiger partial charge on any atom is -1.00 e. The molecule has 0 bridgehead atoms. The molecule has 0 unspecified atom stereocenters. The second-order valence-electron chi connectivity index (χ2n) is 12.5. The molecule has 0 amide bonds. The van der Waals surface area contributed by atoms with Gasteiger partial charge in [0.25, 0.3) is 0 Å².